The van der Waals surface area contributed by atoms with Gasteiger partial charge in [-0.1, -0.05) is 81.9 Å². The van der Waals surface area contributed by atoms with Gasteiger partial charge in [-0.3, -0.25) is 4.55 Å². The molecule has 0 aromatic heterocycles. The molecule has 0 fully saturated rings. The molecule has 0 bridgehead atoms. The van der Waals surface area contributed by atoms with Crippen molar-refractivity contribution in [1.29, 1.82) is 0 Å². The number of hydrogen-bond donors (Lipinski definition) is 1. The van der Waals surface area contributed by atoms with E-state index in [0.29, 0.717) is 12.0 Å². The summed E-state index contributed by atoms with van der Waals surface area (Å²) in [5, 5.41) is 11.8. The van der Waals surface area contributed by atoms with E-state index in [0.717, 1.165) is 19.3 Å². The Morgan fingerprint density at radius 1 is 0.931 bits per heavy atom. The first-order chi connectivity index (χ1) is 13.4. The topological polar surface area (TPSA) is 86.7 Å². The average Bonchev–Trinajstić information content (AvgIpc) is 2.66. The van der Waals surface area contributed by atoms with E-state index in [4.69, 9.17) is 4.74 Å². The van der Waals surface area contributed by atoms with Crippen molar-refractivity contribution >= 4 is 10.1 Å². The quantitative estimate of drug-likeness (QED) is 0.309. The molecule has 0 heterocycles. The minimum atomic E-state index is -4.37. The Hall–Kier alpha value is -0.414. The third kappa shape index (κ3) is 9.51. The second kappa shape index (κ2) is 13.8. The standard InChI is InChI=1S/C22H30O5S.K/c1-2-3-4-5-6-7-8-9-12-18-15-16-19(17-22(18)28(24,25)26)27-21-14-11-10-13-20(21)23;/h10-11,13-17,23H,2-9,12H2,1H3,(H,24,25,26);/q;+1/p-1. The van der Waals surface area contributed by atoms with Gasteiger partial charge < -0.3 is 9.84 Å². The van der Waals surface area contributed by atoms with Gasteiger partial charge in [0.2, 0.25) is 0 Å². The number of benzene rings is 2. The molecule has 0 unspecified atom stereocenters. The minimum Gasteiger partial charge on any atom is -0.870 e. The van der Waals surface area contributed by atoms with Gasteiger partial charge in [0.05, 0.1) is 0 Å². The summed E-state index contributed by atoms with van der Waals surface area (Å²) >= 11 is 0. The summed E-state index contributed by atoms with van der Waals surface area (Å²) in [7, 11) is -4.37. The second-order valence-corrected chi connectivity index (χ2v) is 8.41. The van der Waals surface area contributed by atoms with E-state index in [1.54, 1.807) is 24.3 Å². The van der Waals surface area contributed by atoms with E-state index in [9.17, 15) is 18.1 Å². The van der Waals surface area contributed by atoms with Crippen LogP contribution in [0, 0.1) is 0 Å². The van der Waals surface area contributed by atoms with Crippen molar-refractivity contribution in [2.45, 2.75) is 69.6 Å². The van der Waals surface area contributed by atoms with Gasteiger partial charge in [0.1, 0.15) is 16.4 Å². The van der Waals surface area contributed by atoms with Crippen LogP contribution in [0.15, 0.2) is 47.4 Å². The Labute approximate surface area is 217 Å². The molecular formula is C22H29KO5S. The maximum absolute atomic E-state index is 11.8. The van der Waals surface area contributed by atoms with Gasteiger partial charge in [-0.2, -0.15) is 8.42 Å². The van der Waals surface area contributed by atoms with E-state index >= 15 is 0 Å². The summed E-state index contributed by atoms with van der Waals surface area (Å²) in [6.45, 7) is 2.20. The van der Waals surface area contributed by atoms with Crippen molar-refractivity contribution < 1.29 is 74.2 Å². The van der Waals surface area contributed by atoms with E-state index in [-0.39, 0.29) is 73.5 Å². The van der Waals surface area contributed by atoms with Crippen LogP contribution in [0.5, 0.6) is 17.2 Å². The summed E-state index contributed by atoms with van der Waals surface area (Å²) in [4.78, 5) is -0.156. The minimum absolute atomic E-state index is 0. The maximum Gasteiger partial charge on any atom is 1.00 e. The zero-order valence-electron chi connectivity index (χ0n) is 17.4. The number of hydrogen-bond acceptors (Lipinski definition) is 4. The molecule has 0 aliphatic rings. The van der Waals surface area contributed by atoms with Crippen LogP contribution in [0.4, 0.5) is 0 Å². The summed E-state index contributed by atoms with van der Waals surface area (Å²) in [6.07, 6.45) is 9.83. The van der Waals surface area contributed by atoms with Crippen molar-refractivity contribution in [1.82, 2.24) is 0 Å². The molecule has 2 aromatic carbocycles. The van der Waals surface area contributed by atoms with Crippen LogP contribution in [-0.4, -0.2) is 13.0 Å². The Kier molecular flexibility index (Phi) is 12.7. The monoisotopic (exact) mass is 444 g/mol. The first kappa shape index (κ1) is 26.6. The molecule has 0 atom stereocenters. The second-order valence-electron chi connectivity index (χ2n) is 7.02. The van der Waals surface area contributed by atoms with Crippen LogP contribution >= 0.6 is 0 Å². The van der Waals surface area contributed by atoms with Crippen LogP contribution in [-0.2, 0) is 16.5 Å². The maximum atomic E-state index is 11.8. The van der Waals surface area contributed by atoms with Crippen molar-refractivity contribution in [3.05, 3.63) is 48.0 Å². The molecule has 0 saturated heterocycles. The third-order valence-corrected chi connectivity index (χ3v) is 5.63. The molecule has 5 nitrogen and oxygen atoms in total. The average molecular weight is 445 g/mol. The molecule has 0 aliphatic heterocycles. The number of ether oxygens (including phenoxy) is 1. The van der Waals surface area contributed by atoms with Crippen LogP contribution in [0.1, 0.15) is 63.9 Å². The third-order valence-electron chi connectivity index (χ3n) is 4.69. The van der Waals surface area contributed by atoms with Gasteiger partial charge in [-0.15, -0.1) is 0 Å². The molecule has 0 amide bonds. The molecule has 154 valence electrons. The van der Waals surface area contributed by atoms with Gasteiger partial charge in [-0.05, 0) is 30.5 Å². The molecule has 0 saturated carbocycles. The predicted octanol–water partition coefficient (Wildman–Crippen LogP) is 2.49. The zero-order chi connectivity index (χ0) is 20.4. The number of para-hydroxylation sites is 2. The summed E-state index contributed by atoms with van der Waals surface area (Å²) < 4.78 is 38.7. The first-order valence-electron chi connectivity index (χ1n) is 9.96. The summed E-state index contributed by atoms with van der Waals surface area (Å²) in [6, 6.07) is 10.7. The Balaban J connectivity index is 0.00000420. The van der Waals surface area contributed by atoms with Gasteiger partial charge in [0.15, 0.2) is 0 Å². The Bertz CT molecular complexity index is 852. The molecule has 2 aromatic rings. The van der Waals surface area contributed by atoms with Crippen molar-refractivity contribution in [2.75, 3.05) is 0 Å². The largest absolute Gasteiger partial charge is 1.00 e. The van der Waals surface area contributed by atoms with Crippen molar-refractivity contribution in [3.63, 3.8) is 0 Å². The Morgan fingerprint density at radius 2 is 1.55 bits per heavy atom. The van der Waals surface area contributed by atoms with Crippen LogP contribution < -0.4 is 61.2 Å². The molecular weight excluding hydrogens is 415 g/mol. The number of aryl methyl sites for hydroxylation is 1. The molecule has 2 rings (SSSR count). The van der Waals surface area contributed by atoms with E-state index in [2.05, 4.69) is 6.92 Å². The zero-order valence-corrected chi connectivity index (χ0v) is 21.3. The van der Waals surface area contributed by atoms with E-state index < -0.39 is 10.1 Å². The van der Waals surface area contributed by atoms with Crippen LogP contribution in [0.2, 0.25) is 0 Å². The SMILES string of the molecule is CCCCCCCCCCc1ccc(Oc2ccccc2[O-])cc1S(=O)(=O)O.[K+]. The molecule has 7 heteroatoms. The fraction of sp³-hybridized carbons (Fsp3) is 0.455. The normalized spacial score (nSPS) is 11.1. The van der Waals surface area contributed by atoms with Crippen LogP contribution in [0.3, 0.4) is 0 Å². The summed E-state index contributed by atoms with van der Waals surface area (Å²) in [5.41, 5.74) is 0.566. The van der Waals surface area contributed by atoms with Crippen molar-refractivity contribution in [3.8, 4) is 17.2 Å². The molecule has 0 spiro atoms. The van der Waals surface area contributed by atoms with Gasteiger partial charge >= 0.3 is 51.4 Å². The molecule has 1 N–H and O–H groups in total. The molecule has 29 heavy (non-hydrogen) atoms. The predicted molar refractivity (Wildman–Crippen MR) is 109 cm³/mol. The smallest absolute Gasteiger partial charge is 0.870 e. The fourth-order valence-corrected chi connectivity index (χ4v) is 3.92. The first-order valence-corrected chi connectivity index (χ1v) is 11.4. The van der Waals surface area contributed by atoms with E-state index in [1.165, 1.54) is 50.3 Å². The van der Waals surface area contributed by atoms with Crippen LogP contribution in [0.25, 0.3) is 0 Å². The molecule has 0 aliphatic carbocycles. The van der Waals surface area contributed by atoms with Gasteiger partial charge in [-0.25, -0.2) is 0 Å². The number of rotatable bonds is 12. The van der Waals surface area contributed by atoms with Gasteiger partial charge in [0, 0.05) is 6.07 Å². The van der Waals surface area contributed by atoms with Crippen molar-refractivity contribution in [2.24, 2.45) is 0 Å². The van der Waals surface area contributed by atoms with Gasteiger partial charge in [0.25, 0.3) is 10.1 Å². The summed E-state index contributed by atoms with van der Waals surface area (Å²) in [5.74, 6) is 0.0223. The fourth-order valence-electron chi connectivity index (χ4n) is 3.16. The van der Waals surface area contributed by atoms with E-state index in [1.807, 2.05) is 0 Å². The molecule has 0 radical (unpaired) electrons. The Morgan fingerprint density at radius 3 is 2.17 bits per heavy atom. The number of unbranched alkanes of at least 4 members (excludes halogenated alkanes) is 7.